The molecule has 3 fully saturated rings. The molecule has 2 bridgehead atoms. The maximum absolute atomic E-state index is 14.5. The Kier molecular flexibility index (Phi) is 7.16. The van der Waals surface area contributed by atoms with Gasteiger partial charge in [0.05, 0.1) is 24.8 Å². The van der Waals surface area contributed by atoms with Crippen LogP contribution in [0.1, 0.15) is 63.1 Å². The summed E-state index contributed by atoms with van der Waals surface area (Å²) in [4.78, 5) is 26.7. The SMILES string of the molecule is COC(=O)CC[C@@H](C(=O)N1C2C[C@@H]3CCC2(CS1(=O)=O)C3(C)C)[C@H](NCc1ccccc1)c1ccccc1. The van der Waals surface area contributed by atoms with Gasteiger partial charge in [0, 0.05) is 24.4 Å². The number of hydrogen-bond donors (Lipinski definition) is 1. The molecule has 204 valence electrons. The molecule has 1 N–H and O–H groups in total. The Bertz CT molecular complexity index is 1280. The number of esters is 1. The van der Waals surface area contributed by atoms with E-state index in [4.69, 9.17) is 4.74 Å². The standard InChI is InChI=1S/C30H38N2O5S/c1-29(2)23-16-17-30(29)20-38(35,36)32(25(30)18-23)28(34)24(14-15-26(33)37-3)27(22-12-8-5-9-13-22)31-19-21-10-6-4-7-11-21/h4-13,23-25,27,31H,14-20H2,1-3H3/t23-,24+,25?,27+,30?/m0/s1. The van der Waals surface area contributed by atoms with Gasteiger partial charge in [-0.15, -0.1) is 0 Å². The van der Waals surface area contributed by atoms with Crippen LogP contribution in [0.2, 0.25) is 0 Å². The minimum Gasteiger partial charge on any atom is -0.469 e. The van der Waals surface area contributed by atoms with E-state index >= 15 is 0 Å². The molecule has 2 aromatic carbocycles. The van der Waals surface area contributed by atoms with E-state index in [0.29, 0.717) is 12.5 Å². The van der Waals surface area contributed by atoms with Crippen LogP contribution >= 0.6 is 0 Å². The van der Waals surface area contributed by atoms with Crippen LogP contribution in [0.5, 0.6) is 0 Å². The summed E-state index contributed by atoms with van der Waals surface area (Å²) >= 11 is 0. The van der Waals surface area contributed by atoms with Gasteiger partial charge in [0.2, 0.25) is 15.9 Å². The summed E-state index contributed by atoms with van der Waals surface area (Å²) in [6, 6.07) is 18.7. The fraction of sp³-hybridized carbons (Fsp3) is 0.533. The normalized spacial score (nSPS) is 28.0. The summed E-state index contributed by atoms with van der Waals surface area (Å²) in [6.07, 6.45) is 2.78. The molecule has 0 aromatic heterocycles. The van der Waals surface area contributed by atoms with Crippen LogP contribution in [-0.2, 0) is 30.9 Å². The molecule has 2 unspecified atom stereocenters. The average Bonchev–Trinajstić information content (AvgIpc) is 3.39. The topological polar surface area (TPSA) is 92.8 Å². The Labute approximate surface area is 226 Å². The highest BCUT2D eigenvalue weighted by atomic mass is 32.2. The number of nitrogens with one attached hydrogen (secondary N) is 1. The predicted molar refractivity (Wildman–Crippen MR) is 145 cm³/mol. The quantitative estimate of drug-likeness (QED) is 0.474. The van der Waals surface area contributed by atoms with E-state index in [1.54, 1.807) is 0 Å². The second kappa shape index (κ2) is 10.1. The largest absolute Gasteiger partial charge is 0.469 e. The lowest BCUT2D eigenvalue weighted by Gasteiger charge is -2.38. The van der Waals surface area contributed by atoms with Gasteiger partial charge in [0.15, 0.2) is 0 Å². The molecule has 5 atom stereocenters. The van der Waals surface area contributed by atoms with Gasteiger partial charge >= 0.3 is 5.97 Å². The molecule has 2 aromatic rings. The first-order valence-corrected chi connectivity index (χ1v) is 15.2. The van der Waals surface area contributed by atoms with Crippen molar-refractivity contribution in [2.24, 2.45) is 22.7 Å². The van der Waals surface area contributed by atoms with Crippen molar-refractivity contribution < 1.29 is 22.7 Å². The van der Waals surface area contributed by atoms with Crippen molar-refractivity contribution in [3.8, 4) is 0 Å². The third-order valence-electron chi connectivity index (χ3n) is 9.76. The highest BCUT2D eigenvalue weighted by Crippen LogP contribution is 2.70. The highest BCUT2D eigenvalue weighted by molar-refractivity contribution is 7.90. The summed E-state index contributed by atoms with van der Waals surface area (Å²) in [5, 5.41) is 3.54. The van der Waals surface area contributed by atoms with Gasteiger partial charge in [0.25, 0.3) is 0 Å². The van der Waals surface area contributed by atoms with Crippen LogP contribution in [0.15, 0.2) is 60.7 Å². The molecule has 38 heavy (non-hydrogen) atoms. The molecule has 1 heterocycles. The summed E-state index contributed by atoms with van der Waals surface area (Å²) in [5.41, 5.74) is 1.39. The zero-order valence-corrected chi connectivity index (χ0v) is 23.2. The van der Waals surface area contributed by atoms with E-state index in [1.807, 2.05) is 60.7 Å². The lowest BCUT2D eigenvalue weighted by Crippen LogP contribution is -2.48. The van der Waals surface area contributed by atoms with Crippen molar-refractivity contribution in [3.63, 3.8) is 0 Å². The summed E-state index contributed by atoms with van der Waals surface area (Å²) < 4.78 is 33.6. The number of amides is 1. The minimum absolute atomic E-state index is 0.0249. The van der Waals surface area contributed by atoms with Crippen LogP contribution in [0.4, 0.5) is 0 Å². The van der Waals surface area contributed by atoms with E-state index < -0.39 is 39.3 Å². The van der Waals surface area contributed by atoms with E-state index in [1.165, 1.54) is 11.4 Å². The molecule has 1 aliphatic heterocycles. The number of fused-ring (bicyclic) bond motifs is 1. The van der Waals surface area contributed by atoms with Crippen LogP contribution < -0.4 is 5.32 Å². The molecular formula is C30H38N2O5S. The van der Waals surface area contributed by atoms with Crippen LogP contribution in [0.25, 0.3) is 0 Å². The van der Waals surface area contributed by atoms with Crippen LogP contribution in [-0.4, -0.2) is 43.5 Å². The van der Waals surface area contributed by atoms with Gasteiger partial charge in [-0.3, -0.25) is 9.59 Å². The van der Waals surface area contributed by atoms with Gasteiger partial charge in [-0.25, -0.2) is 12.7 Å². The van der Waals surface area contributed by atoms with Crippen molar-refractivity contribution in [3.05, 3.63) is 71.8 Å². The van der Waals surface area contributed by atoms with E-state index in [-0.39, 0.29) is 30.1 Å². The molecule has 7 nitrogen and oxygen atoms in total. The smallest absolute Gasteiger partial charge is 0.305 e. The first kappa shape index (κ1) is 26.9. The lowest BCUT2D eigenvalue weighted by molar-refractivity contribution is -0.141. The second-order valence-electron chi connectivity index (χ2n) is 11.7. The molecular weight excluding hydrogens is 500 g/mol. The number of hydrogen-bond acceptors (Lipinski definition) is 6. The third-order valence-corrected chi connectivity index (χ3v) is 11.7. The van der Waals surface area contributed by atoms with Gasteiger partial charge in [-0.05, 0) is 48.1 Å². The first-order valence-electron chi connectivity index (χ1n) is 13.6. The monoisotopic (exact) mass is 538 g/mol. The second-order valence-corrected chi connectivity index (χ2v) is 13.6. The van der Waals surface area contributed by atoms with E-state index in [0.717, 1.165) is 30.4 Å². The Morgan fingerprint density at radius 2 is 1.74 bits per heavy atom. The third kappa shape index (κ3) is 4.45. The van der Waals surface area contributed by atoms with Crippen molar-refractivity contribution in [2.75, 3.05) is 12.9 Å². The lowest BCUT2D eigenvalue weighted by atomic mass is 9.69. The maximum Gasteiger partial charge on any atom is 0.305 e. The number of benzene rings is 2. The summed E-state index contributed by atoms with van der Waals surface area (Å²) in [7, 11) is -2.47. The molecule has 2 saturated carbocycles. The van der Waals surface area contributed by atoms with Gasteiger partial charge in [-0.2, -0.15) is 0 Å². The zero-order valence-electron chi connectivity index (χ0n) is 22.4. The number of ether oxygens (including phenoxy) is 1. The van der Waals surface area contributed by atoms with Crippen molar-refractivity contribution in [2.45, 2.75) is 64.6 Å². The fourth-order valence-corrected chi connectivity index (χ4v) is 10.1. The molecule has 1 amide bonds. The Hall–Kier alpha value is -2.71. The zero-order chi connectivity index (χ0) is 27.1. The molecule has 5 rings (SSSR count). The first-order chi connectivity index (χ1) is 18.1. The van der Waals surface area contributed by atoms with Crippen LogP contribution in [0.3, 0.4) is 0 Å². The number of carbonyl (C=O) groups excluding carboxylic acids is 2. The van der Waals surface area contributed by atoms with Gasteiger partial charge in [-0.1, -0.05) is 74.5 Å². The molecule has 0 radical (unpaired) electrons. The number of methoxy groups -OCH3 is 1. The molecule has 1 spiro atoms. The minimum atomic E-state index is -3.79. The van der Waals surface area contributed by atoms with Crippen molar-refractivity contribution >= 4 is 21.9 Å². The number of rotatable bonds is 9. The highest BCUT2D eigenvalue weighted by Gasteiger charge is 2.72. The molecule has 8 heteroatoms. The van der Waals surface area contributed by atoms with Crippen molar-refractivity contribution in [1.29, 1.82) is 0 Å². The van der Waals surface area contributed by atoms with Crippen molar-refractivity contribution in [1.82, 2.24) is 9.62 Å². The Morgan fingerprint density at radius 1 is 1.08 bits per heavy atom. The number of sulfonamides is 1. The Balaban J connectivity index is 1.52. The molecule has 1 saturated heterocycles. The Morgan fingerprint density at radius 3 is 2.37 bits per heavy atom. The molecule has 3 aliphatic rings. The van der Waals surface area contributed by atoms with Gasteiger partial charge < -0.3 is 10.1 Å². The summed E-state index contributed by atoms with van der Waals surface area (Å²) in [5.74, 6) is -1.15. The molecule has 2 aliphatic carbocycles. The van der Waals surface area contributed by atoms with E-state index in [9.17, 15) is 18.0 Å². The number of nitrogens with zero attached hydrogens (tertiary/aromatic N) is 1. The number of carbonyl (C=O) groups is 2. The maximum atomic E-state index is 14.5. The fourth-order valence-electron chi connectivity index (χ4n) is 7.53. The summed E-state index contributed by atoms with van der Waals surface area (Å²) in [6.45, 7) is 4.85. The average molecular weight is 539 g/mol. The van der Waals surface area contributed by atoms with Crippen LogP contribution in [0, 0.1) is 22.7 Å². The van der Waals surface area contributed by atoms with E-state index in [2.05, 4.69) is 19.2 Å². The predicted octanol–water partition coefficient (Wildman–Crippen LogP) is 4.45. The van der Waals surface area contributed by atoms with Gasteiger partial charge in [0.1, 0.15) is 0 Å².